The predicted molar refractivity (Wildman–Crippen MR) is 362 cm³/mol. The molecule has 1 atom stereocenters. The average molecular weight is 1150 g/mol. The van der Waals surface area contributed by atoms with Gasteiger partial charge in [-0.15, -0.1) is 0 Å². The van der Waals surface area contributed by atoms with E-state index in [1.807, 2.05) is 0 Å². The Bertz CT molecular complexity index is 1800. The van der Waals surface area contributed by atoms with Crippen LogP contribution in [0.2, 0.25) is 0 Å². The molecule has 1 unspecified atom stereocenters. The molecule has 0 spiro atoms. The largest absolute Gasteiger partial charge is 0.462 e. The maximum atomic E-state index is 13.0. The molecular formula is C77H126O6. The predicted octanol–water partition coefficient (Wildman–Crippen LogP) is 23.9. The number of esters is 3. The van der Waals surface area contributed by atoms with E-state index in [4.69, 9.17) is 14.2 Å². The van der Waals surface area contributed by atoms with E-state index in [9.17, 15) is 14.4 Å². The van der Waals surface area contributed by atoms with Gasteiger partial charge in [-0.3, -0.25) is 14.4 Å². The van der Waals surface area contributed by atoms with E-state index >= 15 is 0 Å². The number of hydrogen-bond donors (Lipinski definition) is 0. The molecule has 470 valence electrons. The van der Waals surface area contributed by atoms with Gasteiger partial charge in [-0.25, -0.2) is 0 Å². The van der Waals surface area contributed by atoms with Gasteiger partial charge in [0.05, 0.1) is 0 Å². The molecule has 0 aliphatic carbocycles. The van der Waals surface area contributed by atoms with Crippen LogP contribution in [0.4, 0.5) is 0 Å². The van der Waals surface area contributed by atoms with Crippen LogP contribution in [0.15, 0.2) is 146 Å². The Hall–Kier alpha value is -4.71. The van der Waals surface area contributed by atoms with Gasteiger partial charge in [-0.2, -0.15) is 0 Å². The van der Waals surface area contributed by atoms with E-state index in [1.165, 1.54) is 122 Å². The minimum atomic E-state index is -0.815. The lowest BCUT2D eigenvalue weighted by atomic mass is 10.0. The molecule has 6 nitrogen and oxygen atoms in total. The van der Waals surface area contributed by atoms with Gasteiger partial charge in [0.2, 0.25) is 0 Å². The Morgan fingerprint density at radius 1 is 0.253 bits per heavy atom. The van der Waals surface area contributed by atoms with Crippen molar-refractivity contribution in [1.29, 1.82) is 0 Å². The molecule has 0 saturated heterocycles. The van der Waals surface area contributed by atoms with Crippen molar-refractivity contribution in [3.63, 3.8) is 0 Å². The van der Waals surface area contributed by atoms with Crippen LogP contribution >= 0.6 is 0 Å². The minimum Gasteiger partial charge on any atom is -0.462 e. The third-order valence-electron chi connectivity index (χ3n) is 14.3. The van der Waals surface area contributed by atoms with Crippen LogP contribution in [0, 0.1) is 0 Å². The van der Waals surface area contributed by atoms with Crippen LogP contribution in [0.25, 0.3) is 0 Å². The summed E-state index contributed by atoms with van der Waals surface area (Å²) >= 11 is 0. The maximum absolute atomic E-state index is 13.0. The van der Waals surface area contributed by atoms with E-state index in [2.05, 4.69) is 167 Å². The summed E-state index contributed by atoms with van der Waals surface area (Å²) in [5, 5.41) is 0. The fourth-order valence-electron chi connectivity index (χ4n) is 9.28. The Labute approximate surface area is 512 Å². The number of hydrogen-bond acceptors (Lipinski definition) is 6. The molecule has 0 aliphatic heterocycles. The normalized spacial score (nSPS) is 13.0. The van der Waals surface area contributed by atoms with Crippen molar-refractivity contribution in [3.8, 4) is 0 Å². The van der Waals surface area contributed by atoms with E-state index < -0.39 is 6.10 Å². The first kappa shape index (κ1) is 78.3. The van der Waals surface area contributed by atoms with E-state index in [0.29, 0.717) is 19.3 Å². The molecule has 0 saturated carbocycles. The van der Waals surface area contributed by atoms with Crippen LogP contribution in [-0.4, -0.2) is 37.2 Å². The van der Waals surface area contributed by atoms with Crippen molar-refractivity contribution < 1.29 is 28.6 Å². The maximum Gasteiger partial charge on any atom is 0.306 e. The van der Waals surface area contributed by atoms with Gasteiger partial charge in [0.15, 0.2) is 6.10 Å². The van der Waals surface area contributed by atoms with Crippen molar-refractivity contribution in [2.75, 3.05) is 13.2 Å². The molecule has 83 heavy (non-hydrogen) atoms. The van der Waals surface area contributed by atoms with Crippen LogP contribution in [0.1, 0.15) is 303 Å². The molecule has 0 aromatic heterocycles. The third kappa shape index (κ3) is 68.0. The van der Waals surface area contributed by atoms with Crippen molar-refractivity contribution >= 4 is 17.9 Å². The molecule has 0 aromatic rings. The Morgan fingerprint density at radius 2 is 0.482 bits per heavy atom. The molecule has 0 amide bonds. The van der Waals surface area contributed by atoms with Gasteiger partial charge in [0.1, 0.15) is 13.2 Å². The highest BCUT2D eigenvalue weighted by atomic mass is 16.6. The highest BCUT2D eigenvalue weighted by molar-refractivity contribution is 5.71. The van der Waals surface area contributed by atoms with Crippen LogP contribution in [-0.2, 0) is 28.6 Å². The van der Waals surface area contributed by atoms with Crippen molar-refractivity contribution in [2.45, 2.75) is 309 Å². The molecular weight excluding hydrogens is 1020 g/mol. The molecule has 0 aliphatic rings. The summed E-state index contributed by atoms with van der Waals surface area (Å²) in [5.74, 6) is -0.970. The summed E-state index contributed by atoms with van der Waals surface area (Å²) in [4.78, 5) is 38.5. The van der Waals surface area contributed by atoms with E-state index in [0.717, 1.165) is 135 Å². The second kappa shape index (κ2) is 69.8. The minimum absolute atomic E-state index is 0.103. The van der Waals surface area contributed by atoms with Crippen molar-refractivity contribution in [3.05, 3.63) is 146 Å². The summed E-state index contributed by atoms with van der Waals surface area (Å²) in [5.41, 5.74) is 0. The second-order valence-corrected chi connectivity index (χ2v) is 22.3. The zero-order chi connectivity index (χ0) is 59.9. The van der Waals surface area contributed by atoms with Gasteiger partial charge in [-0.1, -0.05) is 314 Å². The van der Waals surface area contributed by atoms with Gasteiger partial charge < -0.3 is 14.2 Å². The number of unbranched alkanes of at least 4 members (excludes halogenated alkanes) is 26. The van der Waals surface area contributed by atoms with E-state index in [-0.39, 0.29) is 37.5 Å². The zero-order valence-corrected chi connectivity index (χ0v) is 53.9. The van der Waals surface area contributed by atoms with Gasteiger partial charge in [-0.05, 0) is 116 Å². The molecule has 0 fully saturated rings. The van der Waals surface area contributed by atoms with Crippen molar-refractivity contribution in [1.82, 2.24) is 0 Å². The highest BCUT2D eigenvalue weighted by Gasteiger charge is 2.19. The van der Waals surface area contributed by atoms with Crippen LogP contribution < -0.4 is 0 Å². The highest BCUT2D eigenvalue weighted by Crippen LogP contribution is 2.16. The number of carbonyl (C=O) groups is 3. The zero-order valence-electron chi connectivity index (χ0n) is 53.9. The lowest BCUT2D eigenvalue weighted by molar-refractivity contribution is -0.167. The monoisotopic (exact) mass is 1150 g/mol. The lowest BCUT2D eigenvalue weighted by Crippen LogP contribution is -2.30. The molecule has 0 aromatic carbocycles. The standard InChI is InChI=1S/C77H126O6/c1-4-7-10-13-16-19-22-25-28-31-34-36-38-40-43-46-49-52-55-58-61-64-67-70-76(79)82-73-74(72-81-75(78)69-66-63-60-57-54-51-48-45-42-33-30-27-24-21-18-15-12-9-6-3)83-77(80)71-68-65-62-59-56-53-50-47-44-41-39-37-35-32-29-26-23-20-17-14-11-8-5-2/h7-8,10-11,16-17,19-20,25-26,28-29,34-37,40-41,43-44,49,52,58,61,74H,4-6,9,12-15,18,21-24,27,30-33,38-39,42,45-48,50-51,53-57,59-60,62-73H2,1-3H3/b10-7-,11-8-,19-16-,20-17-,28-25-,29-26-,36-34-,37-35-,43-40-,44-41-,52-49-,61-58-. The first-order chi connectivity index (χ1) is 41.0. The van der Waals surface area contributed by atoms with E-state index in [1.54, 1.807) is 0 Å². The van der Waals surface area contributed by atoms with Crippen molar-refractivity contribution in [2.24, 2.45) is 0 Å². The fourth-order valence-corrected chi connectivity index (χ4v) is 9.28. The smallest absolute Gasteiger partial charge is 0.306 e. The molecule has 0 heterocycles. The number of carbonyl (C=O) groups excluding carboxylic acids is 3. The van der Waals surface area contributed by atoms with Crippen LogP contribution in [0.5, 0.6) is 0 Å². The van der Waals surface area contributed by atoms with Gasteiger partial charge >= 0.3 is 17.9 Å². The first-order valence-electron chi connectivity index (χ1n) is 34.3. The number of ether oxygens (including phenoxy) is 3. The quantitative estimate of drug-likeness (QED) is 0.0261. The first-order valence-corrected chi connectivity index (χ1v) is 34.3. The molecule has 6 heteroatoms. The summed E-state index contributed by atoms with van der Waals surface area (Å²) < 4.78 is 16.9. The number of rotatable bonds is 61. The molecule has 0 rings (SSSR count). The topological polar surface area (TPSA) is 78.9 Å². The SMILES string of the molecule is CC/C=C\C/C=C\C/C=C\C/C=C\C/C=C\C/C=C\C/C=C\CCCC(=O)OCC(COC(=O)CCCCCCCCCCCCCCCCCCCCC)OC(=O)CCCCCCCCC/C=C\C/C=C\C/C=C\C/C=C\C/C=C\CC. The molecule has 0 bridgehead atoms. The second-order valence-electron chi connectivity index (χ2n) is 22.3. The summed E-state index contributed by atoms with van der Waals surface area (Å²) in [7, 11) is 0. The average Bonchev–Trinajstić information content (AvgIpc) is 3.49. The Balaban J connectivity index is 4.52. The van der Waals surface area contributed by atoms with Crippen LogP contribution in [0.3, 0.4) is 0 Å². The summed E-state index contributed by atoms with van der Waals surface area (Å²) in [6.45, 7) is 6.38. The number of allylic oxidation sites excluding steroid dienone is 24. The lowest BCUT2D eigenvalue weighted by Gasteiger charge is -2.18. The van der Waals surface area contributed by atoms with Gasteiger partial charge in [0, 0.05) is 19.3 Å². The van der Waals surface area contributed by atoms with Gasteiger partial charge in [0.25, 0.3) is 0 Å². The Morgan fingerprint density at radius 3 is 0.783 bits per heavy atom. The molecule has 0 N–H and O–H groups in total. The summed E-state index contributed by atoms with van der Waals surface area (Å²) in [6.07, 6.45) is 100. The molecule has 0 radical (unpaired) electrons. The summed E-state index contributed by atoms with van der Waals surface area (Å²) in [6, 6.07) is 0. The fraction of sp³-hybridized carbons (Fsp3) is 0.649. The Kier molecular flexibility index (Phi) is 65.8. The third-order valence-corrected chi connectivity index (χ3v) is 14.3.